The zero-order chi connectivity index (χ0) is 18.7. The Hall–Kier alpha value is -2.01. The first-order valence-corrected chi connectivity index (χ1v) is 8.86. The van der Waals surface area contributed by atoms with Crippen LogP contribution in [0.4, 0.5) is 0 Å². The third kappa shape index (κ3) is 4.39. The van der Waals surface area contributed by atoms with E-state index in [0.717, 1.165) is 0 Å². The molecule has 134 valence electrons. The van der Waals surface area contributed by atoms with E-state index in [1.54, 1.807) is 48.5 Å². The first kappa shape index (κ1) is 18.8. The van der Waals surface area contributed by atoms with Gasteiger partial charge in [-0.25, -0.2) is 9.59 Å². The molecule has 2 aromatic rings. The molecule has 1 aliphatic heterocycles. The lowest BCUT2D eigenvalue weighted by atomic mass is 10.0. The first-order valence-electron chi connectivity index (χ1n) is 7.73. The van der Waals surface area contributed by atoms with Gasteiger partial charge < -0.3 is 9.47 Å². The van der Waals surface area contributed by atoms with Crippen LogP contribution in [0.2, 0.25) is 15.1 Å². The molecule has 1 atom stereocenters. The van der Waals surface area contributed by atoms with Gasteiger partial charge in [0.25, 0.3) is 0 Å². The average Bonchev–Trinajstić information content (AvgIpc) is 2.61. The summed E-state index contributed by atoms with van der Waals surface area (Å²) in [7, 11) is 0. The molecule has 0 saturated heterocycles. The number of ether oxygens (including phenoxy) is 2. The highest BCUT2D eigenvalue weighted by molar-refractivity contribution is 6.37. The Balaban J connectivity index is 1.62. The van der Waals surface area contributed by atoms with Crippen LogP contribution >= 0.6 is 34.8 Å². The van der Waals surface area contributed by atoms with E-state index in [-0.39, 0.29) is 6.61 Å². The summed E-state index contributed by atoms with van der Waals surface area (Å²) in [6, 6.07) is 11.2. The van der Waals surface area contributed by atoms with Crippen LogP contribution in [0, 0.1) is 0 Å². The van der Waals surface area contributed by atoms with Crippen molar-refractivity contribution in [1.29, 1.82) is 0 Å². The molecule has 7 heteroatoms. The summed E-state index contributed by atoms with van der Waals surface area (Å²) < 4.78 is 10.6. The second-order valence-electron chi connectivity index (χ2n) is 5.61. The zero-order valence-corrected chi connectivity index (χ0v) is 15.6. The van der Waals surface area contributed by atoms with Crippen molar-refractivity contribution in [2.24, 2.45) is 0 Å². The van der Waals surface area contributed by atoms with E-state index in [1.165, 1.54) is 0 Å². The number of rotatable bonds is 4. The molecule has 3 rings (SSSR count). The van der Waals surface area contributed by atoms with Crippen LogP contribution in [0.5, 0.6) is 0 Å². The van der Waals surface area contributed by atoms with Crippen molar-refractivity contribution in [3.8, 4) is 0 Å². The highest BCUT2D eigenvalue weighted by atomic mass is 35.5. The SMILES string of the molecule is O=C1OC(COC(=O)c2ccc(Cl)cc2)CC=C1c1ccc(Cl)cc1Cl. The fraction of sp³-hybridized carbons (Fsp3) is 0.158. The summed E-state index contributed by atoms with van der Waals surface area (Å²) in [6.07, 6.45) is 1.59. The smallest absolute Gasteiger partial charge is 0.338 e. The Bertz CT molecular complexity index is 875. The molecule has 0 aromatic heterocycles. The van der Waals surface area contributed by atoms with Crippen molar-refractivity contribution in [1.82, 2.24) is 0 Å². The molecule has 2 aromatic carbocycles. The van der Waals surface area contributed by atoms with Crippen molar-refractivity contribution in [2.75, 3.05) is 6.61 Å². The van der Waals surface area contributed by atoms with Crippen molar-refractivity contribution < 1.29 is 19.1 Å². The Morgan fingerprint density at radius 3 is 2.42 bits per heavy atom. The van der Waals surface area contributed by atoms with Gasteiger partial charge in [0.1, 0.15) is 12.7 Å². The maximum absolute atomic E-state index is 12.3. The Labute approximate surface area is 165 Å². The fourth-order valence-electron chi connectivity index (χ4n) is 2.46. The van der Waals surface area contributed by atoms with Gasteiger partial charge in [-0.05, 0) is 36.4 Å². The number of esters is 2. The number of carbonyl (C=O) groups excluding carboxylic acids is 2. The number of cyclic esters (lactones) is 1. The maximum atomic E-state index is 12.3. The minimum atomic E-state index is -0.548. The van der Waals surface area contributed by atoms with Gasteiger partial charge in [0.2, 0.25) is 0 Å². The lowest BCUT2D eigenvalue weighted by Gasteiger charge is -2.22. The predicted molar refractivity (Wildman–Crippen MR) is 101 cm³/mol. The summed E-state index contributed by atoms with van der Waals surface area (Å²) in [4.78, 5) is 24.2. The van der Waals surface area contributed by atoms with E-state index in [1.807, 2.05) is 0 Å². The second kappa shape index (κ2) is 8.12. The van der Waals surface area contributed by atoms with E-state index in [4.69, 9.17) is 44.3 Å². The highest BCUT2D eigenvalue weighted by Crippen LogP contribution is 2.31. The van der Waals surface area contributed by atoms with Gasteiger partial charge in [-0.15, -0.1) is 0 Å². The Kier molecular flexibility index (Phi) is 5.87. The van der Waals surface area contributed by atoms with Crippen LogP contribution in [0.25, 0.3) is 5.57 Å². The summed E-state index contributed by atoms with van der Waals surface area (Å²) in [6.45, 7) is -0.0364. The van der Waals surface area contributed by atoms with Crippen LogP contribution in [0.1, 0.15) is 22.3 Å². The molecule has 1 aliphatic rings. The molecule has 0 radical (unpaired) electrons. The zero-order valence-electron chi connectivity index (χ0n) is 13.4. The average molecular weight is 412 g/mol. The van der Waals surface area contributed by atoms with Crippen molar-refractivity contribution >= 4 is 52.3 Å². The standard InChI is InChI=1S/C19H13Cl3O4/c20-12-3-1-11(2-4-12)18(23)25-10-14-6-8-16(19(24)26-14)15-7-5-13(21)9-17(15)22/h1-5,7-9,14H,6,10H2. The number of halogens is 3. The maximum Gasteiger partial charge on any atom is 0.338 e. The molecule has 1 heterocycles. The van der Waals surface area contributed by atoms with Gasteiger partial charge in [-0.2, -0.15) is 0 Å². The molecule has 0 saturated carbocycles. The molecule has 26 heavy (non-hydrogen) atoms. The monoisotopic (exact) mass is 410 g/mol. The van der Waals surface area contributed by atoms with Crippen LogP contribution in [0.3, 0.4) is 0 Å². The minimum absolute atomic E-state index is 0.0364. The molecular weight excluding hydrogens is 399 g/mol. The quantitative estimate of drug-likeness (QED) is 0.649. The van der Waals surface area contributed by atoms with E-state index in [9.17, 15) is 9.59 Å². The van der Waals surface area contributed by atoms with Crippen molar-refractivity contribution in [3.63, 3.8) is 0 Å². The first-order chi connectivity index (χ1) is 12.4. The van der Waals surface area contributed by atoms with Crippen molar-refractivity contribution in [2.45, 2.75) is 12.5 Å². The van der Waals surface area contributed by atoms with Crippen LogP contribution in [-0.2, 0) is 14.3 Å². The number of hydrogen-bond acceptors (Lipinski definition) is 4. The molecule has 0 spiro atoms. The Morgan fingerprint density at radius 2 is 1.77 bits per heavy atom. The van der Waals surface area contributed by atoms with Crippen LogP contribution in [0.15, 0.2) is 48.5 Å². The van der Waals surface area contributed by atoms with Gasteiger partial charge >= 0.3 is 11.9 Å². The third-order valence-electron chi connectivity index (χ3n) is 3.78. The van der Waals surface area contributed by atoms with Gasteiger partial charge in [0.05, 0.1) is 16.2 Å². The van der Waals surface area contributed by atoms with Gasteiger partial charge in [-0.3, -0.25) is 0 Å². The number of hydrogen-bond donors (Lipinski definition) is 0. The molecule has 0 fully saturated rings. The van der Waals surface area contributed by atoms with Crippen LogP contribution < -0.4 is 0 Å². The van der Waals surface area contributed by atoms with E-state index >= 15 is 0 Å². The molecule has 0 bridgehead atoms. The fourth-order valence-corrected chi connectivity index (χ4v) is 3.10. The second-order valence-corrected chi connectivity index (χ2v) is 6.89. The van der Waals surface area contributed by atoms with Gasteiger partial charge in [0.15, 0.2) is 0 Å². The minimum Gasteiger partial charge on any atom is -0.458 e. The summed E-state index contributed by atoms with van der Waals surface area (Å²) in [5.74, 6) is -1.03. The molecule has 1 unspecified atom stereocenters. The normalized spacial score (nSPS) is 16.7. The molecule has 0 aliphatic carbocycles. The predicted octanol–water partition coefficient (Wildman–Crippen LogP) is 5.20. The van der Waals surface area contributed by atoms with E-state index < -0.39 is 18.0 Å². The lowest BCUT2D eigenvalue weighted by molar-refractivity contribution is -0.144. The number of carbonyl (C=O) groups is 2. The number of benzene rings is 2. The third-order valence-corrected chi connectivity index (χ3v) is 4.58. The van der Waals surface area contributed by atoms with E-state index in [2.05, 4.69) is 0 Å². The molecule has 4 nitrogen and oxygen atoms in total. The lowest BCUT2D eigenvalue weighted by Crippen LogP contribution is -2.28. The summed E-state index contributed by atoms with van der Waals surface area (Å²) in [5.41, 5.74) is 1.30. The summed E-state index contributed by atoms with van der Waals surface area (Å²) in [5, 5.41) is 1.38. The Morgan fingerprint density at radius 1 is 1.08 bits per heavy atom. The van der Waals surface area contributed by atoms with Crippen LogP contribution in [-0.4, -0.2) is 24.6 Å². The largest absolute Gasteiger partial charge is 0.458 e. The molecule has 0 N–H and O–H groups in total. The van der Waals surface area contributed by atoms with Crippen molar-refractivity contribution in [3.05, 3.63) is 74.7 Å². The summed E-state index contributed by atoms with van der Waals surface area (Å²) >= 11 is 17.8. The highest BCUT2D eigenvalue weighted by Gasteiger charge is 2.26. The van der Waals surface area contributed by atoms with Gasteiger partial charge in [-0.1, -0.05) is 46.9 Å². The molecular formula is C19H13Cl3O4. The van der Waals surface area contributed by atoms with Gasteiger partial charge in [0, 0.05) is 22.0 Å². The van der Waals surface area contributed by atoms with E-state index in [0.29, 0.717) is 38.2 Å². The topological polar surface area (TPSA) is 52.6 Å². The molecule has 0 amide bonds.